The molecule has 0 saturated carbocycles. The van der Waals surface area contributed by atoms with Crippen molar-refractivity contribution in [3.8, 4) is 22.6 Å². The van der Waals surface area contributed by atoms with Gasteiger partial charge in [-0.3, -0.25) is 9.78 Å². The Balaban J connectivity index is 2.01. The molecule has 2 heterocycles. The molecular formula is C18H12N2OS. The number of ketones is 1. The Morgan fingerprint density at radius 1 is 0.955 bits per heavy atom. The van der Waals surface area contributed by atoms with Gasteiger partial charge in [-0.2, -0.15) is 0 Å². The fourth-order valence-corrected chi connectivity index (χ4v) is 3.39. The van der Waals surface area contributed by atoms with Crippen molar-refractivity contribution in [1.82, 2.24) is 9.97 Å². The summed E-state index contributed by atoms with van der Waals surface area (Å²) in [6.45, 7) is 0. The Morgan fingerprint density at radius 3 is 2.45 bits per heavy atom. The Labute approximate surface area is 132 Å². The van der Waals surface area contributed by atoms with E-state index in [1.165, 1.54) is 0 Å². The fraction of sp³-hybridized carbons (Fsp3) is 0.0556. The fourth-order valence-electron chi connectivity index (χ4n) is 2.76. The number of rotatable bonds is 2. The second-order valence-corrected chi connectivity index (χ2v) is 5.87. The van der Waals surface area contributed by atoms with Crippen molar-refractivity contribution in [2.75, 3.05) is 6.26 Å². The van der Waals surface area contributed by atoms with Gasteiger partial charge < -0.3 is 0 Å². The van der Waals surface area contributed by atoms with Gasteiger partial charge in [0.1, 0.15) is 0 Å². The first-order valence-electron chi connectivity index (χ1n) is 6.94. The summed E-state index contributed by atoms with van der Waals surface area (Å²) in [6, 6.07) is 15.4. The highest BCUT2D eigenvalue weighted by molar-refractivity contribution is 7.98. The van der Waals surface area contributed by atoms with E-state index in [-0.39, 0.29) is 5.78 Å². The average molecular weight is 304 g/mol. The van der Waals surface area contributed by atoms with Crippen LogP contribution in [-0.4, -0.2) is 22.0 Å². The third-order valence-electron chi connectivity index (χ3n) is 3.78. The van der Waals surface area contributed by atoms with Gasteiger partial charge >= 0.3 is 0 Å². The summed E-state index contributed by atoms with van der Waals surface area (Å²) in [5, 5.41) is 0. The zero-order valence-electron chi connectivity index (χ0n) is 11.9. The number of fused-ring (bicyclic) bond motifs is 3. The molecule has 4 rings (SSSR count). The van der Waals surface area contributed by atoms with Crippen LogP contribution in [0.1, 0.15) is 15.9 Å². The van der Waals surface area contributed by atoms with Crippen LogP contribution in [0.2, 0.25) is 0 Å². The van der Waals surface area contributed by atoms with E-state index in [2.05, 4.69) is 4.98 Å². The second-order valence-electron chi connectivity index (χ2n) is 5.02. The maximum atomic E-state index is 12.6. The summed E-state index contributed by atoms with van der Waals surface area (Å²) in [5.74, 6) is 0.0648. The molecule has 3 aromatic rings. The van der Waals surface area contributed by atoms with Crippen LogP contribution in [0.25, 0.3) is 22.6 Å². The molecule has 0 fully saturated rings. The highest BCUT2D eigenvalue weighted by Crippen LogP contribution is 2.41. The Hall–Kier alpha value is -2.46. The van der Waals surface area contributed by atoms with Gasteiger partial charge in [0.15, 0.2) is 5.78 Å². The van der Waals surface area contributed by atoms with Crippen molar-refractivity contribution in [3.05, 3.63) is 65.9 Å². The lowest BCUT2D eigenvalue weighted by molar-refractivity contribution is 0.104. The minimum Gasteiger partial charge on any atom is -0.288 e. The van der Waals surface area contributed by atoms with Gasteiger partial charge in [0.2, 0.25) is 0 Å². The Kier molecular flexibility index (Phi) is 3.05. The molecule has 0 N–H and O–H groups in total. The van der Waals surface area contributed by atoms with Gasteiger partial charge in [-0.05, 0) is 24.5 Å². The summed E-state index contributed by atoms with van der Waals surface area (Å²) in [6.07, 6.45) is 3.73. The minimum atomic E-state index is 0.0648. The van der Waals surface area contributed by atoms with Crippen molar-refractivity contribution in [2.45, 2.75) is 4.90 Å². The largest absolute Gasteiger partial charge is 0.288 e. The predicted molar refractivity (Wildman–Crippen MR) is 88.1 cm³/mol. The summed E-state index contributed by atoms with van der Waals surface area (Å²) in [4.78, 5) is 22.7. The molecular weight excluding hydrogens is 292 g/mol. The van der Waals surface area contributed by atoms with E-state index in [1.807, 2.05) is 54.8 Å². The normalized spacial score (nSPS) is 12.1. The first-order chi connectivity index (χ1) is 10.8. The topological polar surface area (TPSA) is 42.9 Å². The van der Waals surface area contributed by atoms with Crippen LogP contribution in [0.4, 0.5) is 0 Å². The zero-order chi connectivity index (χ0) is 15.1. The molecule has 2 aromatic heterocycles. The van der Waals surface area contributed by atoms with Gasteiger partial charge in [-0.25, -0.2) is 4.98 Å². The van der Waals surface area contributed by atoms with E-state index in [1.54, 1.807) is 18.0 Å². The first-order valence-corrected chi connectivity index (χ1v) is 8.16. The van der Waals surface area contributed by atoms with Crippen LogP contribution in [-0.2, 0) is 0 Å². The van der Waals surface area contributed by atoms with E-state index >= 15 is 0 Å². The van der Waals surface area contributed by atoms with Crippen molar-refractivity contribution in [1.29, 1.82) is 0 Å². The van der Waals surface area contributed by atoms with Crippen LogP contribution in [0.15, 0.2) is 59.6 Å². The van der Waals surface area contributed by atoms with Crippen LogP contribution < -0.4 is 0 Å². The molecule has 0 unspecified atom stereocenters. The van der Waals surface area contributed by atoms with Crippen LogP contribution >= 0.6 is 11.8 Å². The quantitative estimate of drug-likeness (QED) is 0.523. The maximum Gasteiger partial charge on any atom is 0.197 e. The molecule has 0 saturated heterocycles. The molecule has 0 spiro atoms. The number of benzene rings is 1. The summed E-state index contributed by atoms with van der Waals surface area (Å²) in [5.41, 5.74) is 4.75. The van der Waals surface area contributed by atoms with Gasteiger partial charge in [0.05, 0.1) is 22.6 Å². The molecule has 4 heteroatoms. The Morgan fingerprint density at radius 2 is 1.73 bits per heavy atom. The average Bonchev–Trinajstić information content (AvgIpc) is 2.88. The second kappa shape index (κ2) is 5.07. The van der Waals surface area contributed by atoms with E-state index in [0.29, 0.717) is 5.56 Å². The maximum absolute atomic E-state index is 12.6. The lowest BCUT2D eigenvalue weighted by Gasteiger charge is -2.08. The number of aromatic nitrogens is 2. The van der Waals surface area contributed by atoms with Crippen molar-refractivity contribution in [2.24, 2.45) is 0 Å². The van der Waals surface area contributed by atoms with Gasteiger partial charge in [-0.15, -0.1) is 11.8 Å². The molecule has 1 aliphatic carbocycles. The van der Waals surface area contributed by atoms with Crippen molar-refractivity contribution < 1.29 is 4.79 Å². The van der Waals surface area contributed by atoms with Crippen molar-refractivity contribution >= 4 is 17.5 Å². The number of carbonyl (C=O) groups is 1. The number of hydrogen-bond donors (Lipinski definition) is 0. The molecule has 3 nitrogen and oxygen atoms in total. The monoisotopic (exact) mass is 304 g/mol. The molecule has 0 amide bonds. The number of nitrogens with zero attached hydrogens (tertiary/aromatic N) is 2. The van der Waals surface area contributed by atoms with Gasteiger partial charge in [0.25, 0.3) is 0 Å². The van der Waals surface area contributed by atoms with E-state index in [4.69, 9.17) is 4.98 Å². The number of hydrogen-bond acceptors (Lipinski definition) is 4. The SMILES string of the molecule is CSc1cc(-c2ccccn2)nc2c1C(=O)c1ccccc1-2. The van der Waals surface area contributed by atoms with Crippen LogP contribution in [0.5, 0.6) is 0 Å². The summed E-state index contributed by atoms with van der Waals surface area (Å²) < 4.78 is 0. The van der Waals surface area contributed by atoms with E-state index in [0.717, 1.165) is 33.1 Å². The lowest BCUT2D eigenvalue weighted by Crippen LogP contribution is -1.99. The number of thioether (sulfide) groups is 1. The van der Waals surface area contributed by atoms with Crippen LogP contribution in [0.3, 0.4) is 0 Å². The number of carbonyl (C=O) groups excluding carboxylic acids is 1. The highest BCUT2D eigenvalue weighted by atomic mass is 32.2. The van der Waals surface area contributed by atoms with Crippen LogP contribution in [0, 0.1) is 0 Å². The third kappa shape index (κ3) is 1.88. The molecule has 0 aliphatic heterocycles. The molecule has 1 aromatic carbocycles. The Bertz CT molecular complexity index is 891. The molecule has 1 aliphatic rings. The molecule has 22 heavy (non-hydrogen) atoms. The van der Waals surface area contributed by atoms with Gasteiger partial charge in [0, 0.05) is 22.2 Å². The predicted octanol–water partition coefficient (Wildman–Crippen LogP) is 4.08. The molecule has 106 valence electrons. The summed E-state index contributed by atoms with van der Waals surface area (Å²) in [7, 11) is 0. The van der Waals surface area contributed by atoms with E-state index in [9.17, 15) is 4.79 Å². The van der Waals surface area contributed by atoms with Crippen molar-refractivity contribution in [3.63, 3.8) is 0 Å². The first kappa shape index (κ1) is 13.2. The third-order valence-corrected chi connectivity index (χ3v) is 4.55. The smallest absolute Gasteiger partial charge is 0.197 e. The highest BCUT2D eigenvalue weighted by Gasteiger charge is 2.31. The lowest BCUT2D eigenvalue weighted by atomic mass is 10.1. The molecule has 0 atom stereocenters. The standard InChI is InChI=1S/C18H12N2OS/c1-22-15-10-14(13-8-4-5-9-19-13)20-17-11-6-2-3-7-12(11)18(21)16(15)17/h2-10H,1H3. The minimum absolute atomic E-state index is 0.0648. The molecule has 0 radical (unpaired) electrons. The van der Waals surface area contributed by atoms with Gasteiger partial charge in [-0.1, -0.05) is 30.3 Å². The molecule has 0 bridgehead atoms. The number of pyridine rings is 2. The zero-order valence-corrected chi connectivity index (χ0v) is 12.7. The van der Waals surface area contributed by atoms with E-state index < -0.39 is 0 Å². The summed E-state index contributed by atoms with van der Waals surface area (Å²) >= 11 is 1.57.